The first-order chi connectivity index (χ1) is 8.13. The van der Waals surface area contributed by atoms with Gasteiger partial charge < -0.3 is 20.7 Å². The molecule has 0 fully saturated rings. The van der Waals surface area contributed by atoms with Crippen molar-refractivity contribution < 1.29 is 9.53 Å². The molecule has 0 saturated heterocycles. The number of amides is 2. The molecule has 17 heavy (non-hydrogen) atoms. The van der Waals surface area contributed by atoms with Crippen LogP contribution in [0.5, 0.6) is 0 Å². The van der Waals surface area contributed by atoms with Gasteiger partial charge in [-0.2, -0.15) is 0 Å². The third kappa shape index (κ3) is 4.84. The summed E-state index contributed by atoms with van der Waals surface area (Å²) >= 11 is 0. The molecule has 2 amide bonds. The molecule has 1 atom stereocenters. The quantitative estimate of drug-likeness (QED) is 0.806. The van der Waals surface area contributed by atoms with E-state index in [0.717, 1.165) is 5.69 Å². The van der Waals surface area contributed by atoms with Crippen LogP contribution >= 0.6 is 0 Å². The third-order valence-electron chi connectivity index (χ3n) is 2.26. The fraction of sp³-hybridized carbons (Fsp3) is 0.417. The van der Waals surface area contributed by atoms with Crippen LogP contribution in [0.25, 0.3) is 0 Å². The molecule has 0 saturated carbocycles. The van der Waals surface area contributed by atoms with E-state index in [0.29, 0.717) is 13.2 Å². The van der Waals surface area contributed by atoms with E-state index < -0.39 is 0 Å². The molecule has 1 unspecified atom stereocenters. The highest BCUT2D eigenvalue weighted by Gasteiger charge is 2.12. The fourth-order valence-corrected chi connectivity index (χ4v) is 1.44. The number of rotatable bonds is 5. The summed E-state index contributed by atoms with van der Waals surface area (Å²) < 4.78 is 4.92. The number of nitrogens with two attached hydrogens (primary N) is 1. The Kier molecular flexibility index (Phi) is 5.45. The van der Waals surface area contributed by atoms with Crippen LogP contribution in [0, 0.1) is 0 Å². The standard InChI is InChI=1S/C12H19N3O2/c1-15(8-10(13)9-17-2)12(16)14-11-6-4-3-5-7-11/h3-7,10H,8-9,13H2,1-2H3,(H,14,16). The molecule has 0 aromatic heterocycles. The lowest BCUT2D eigenvalue weighted by Gasteiger charge is -2.21. The summed E-state index contributed by atoms with van der Waals surface area (Å²) in [6.07, 6.45) is 0. The van der Waals surface area contributed by atoms with E-state index in [1.54, 1.807) is 14.2 Å². The van der Waals surface area contributed by atoms with Crippen molar-refractivity contribution in [3.8, 4) is 0 Å². The molecule has 0 aliphatic rings. The van der Waals surface area contributed by atoms with Gasteiger partial charge in [-0.15, -0.1) is 0 Å². The van der Waals surface area contributed by atoms with Gasteiger partial charge in [-0.3, -0.25) is 0 Å². The topological polar surface area (TPSA) is 67.6 Å². The summed E-state index contributed by atoms with van der Waals surface area (Å²) in [7, 11) is 3.29. The molecule has 0 aliphatic carbocycles. The lowest BCUT2D eigenvalue weighted by molar-refractivity contribution is 0.164. The Bertz CT molecular complexity index is 343. The molecule has 0 heterocycles. The Balaban J connectivity index is 2.42. The Morgan fingerprint density at radius 1 is 1.47 bits per heavy atom. The van der Waals surface area contributed by atoms with Gasteiger partial charge in [0.05, 0.1) is 6.61 Å². The lowest BCUT2D eigenvalue weighted by atomic mass is 10.3. The molecule has 0 radical (unpaired) electrons. The maximum Gasteiger partial charge on any atom is 0.321 e. The average Bonchev–Trinajstić information content (AvgIpc) is 2.30. The second-order valence-electron chi connectivity index (χ2n) is 3.89. The summed E-state index contributed by atoms with van der Waals surface area (Å²) in [5.74, 6) is 0. The SMILES string of the molecule is COCC(N)CN(C)C(=O)Nc1ccccc1. The van der Waals surface area contributed by atoms with Gasteiger partial charge >= 0.3 is 6.03 Å². The Hall–Kier alpha value is -1.59. The van der Waals surface area contributed by atoms with Gasteiger partial charge in [0.25, 0.3) is 0 Å². The number of likely N-dealkylation sites (N-methyl/N-ethyl adjacent to an activating group) is 1. The largest absolute Gasteiger partial charge is 0.383 e. The fourth-order valence-electron chi connectivity index (χ4n) is 1.44. The number of para-hydroxylation sites is 1. The van der Waals surface area contributed by atoms with E-state index in [4.69, 9.17) is 10.5 Å². The van der Waals surface area contributed by atoms with Crippen molar-refractivity contribution >= 4 is 11.7 Å². The number of nitrogens with one attached hydrogen (secondary N) is 1. The number of anilines is 1. The van der Waals surface area contributed by atoms with E-state index in [-0.39, 0.29) is 12.1 Å². The van der Waals surface area contributed by atoms with E-state index in [9.17, 15) is 4.79 Å². The van der Waals surface area contributed by atoms with Crippen molar-refractivity contribution in [1.29, 1.82) is 0 Å². The smallest absolute Gasteiger partial charge is 0.321 e. The molecule has 94 valence electrons. The zero-order valence-corrected chi connectivity index (χ0v) is 10.2. The lowest BCUT2D eigenvalue weighted by Crippen LogP contribution is -2.42. The first-order valence-electron chi connectivity index (χ1n) is 5.45. The van der Waals surface area contributed by atoms with Crippen LogP contribution in [0.15, 0.2) is 30.3 Å². The van der Waals surface area contributed by atoms with Gasteiger partial charge in [0.15, 0.2) is 0 Å². The van der Waals surface area contributed by atoms with Gasteiger partial charge in [-0.05, 0) is 12.1 Å². The number of methoxy groups -OCH3 is 1. The number of urea groups is 1. The minimum atomic E-state index is -0.178. The highest BCUT2D eigenvalue weighted by molar-refractivity contribution is 5.89. The molecule has 0 bridgehead atoms. The second-order valence-corrected chi connectivity index (χ2v) is 3.89. The average molecular weight is 237 g/mol. The Morgan fingerprint density at radius 3 is 2.71 bits per heavy atom. The van der Waals surface area contributed by atoms with Crippen molar-refractivity contribution in [2.24, 2.45) is 5.73 Å². The first-order valence-corrected chi connectivity index (χ1v) is 5.45. The van der Waals surface area contributed by atoms with E-state index >= 15 is 0 Å². The van der Waals surface area contributed by atoms with Crippen molar-refractivity contribution in [2.75, 3.05) is 32.6 Å². The summed E-state index contributed by atoms with van der Waals surface area (Å²) in [6.45, 7) is 0.884. The Morgan fingerprint density at radius 2 is 2.12 bits per heavy atom. The monoisotopic (exact) mass is 237 g/mol. The molecule has 1 rings (SSSR count). The van der Waals surface area contributed by atoms with Crippen LogP contribution < -0.4 is 11.1 Å². The van der Waals surface area contributed by atoms with Gasteiger partial charge in [-0.25, -0.2) is 4.79 Å². The summed E-state index contributed by atoms with van der Waals surface area (Å²) in [4.78, 5) is 13.3. The minimum absolute atomic E-state index is 0.175. The van der Waals surface area contributed by atoms with E-state index in [1.165, 1.54) is 4.90 Å². The van der Waals surface area contributed by atoms with Crippen LogP contribution in [-0.4, -0.2) is 44.3 Å². The molecular formula is C12H19N3O2. The molecular weight excluding hydrogens is 218 g/mol. The Labute approximate surface area is 102 Å². The number of hydrogen-bond acceptors (Lipinski definition) is 3. The highest BCUT2D eigenvalue weighted by Crippen LogP contribution is 2.05. The highest BCUT2D eigenvalue weighted by atomic mass is 16.5. The molecule has 3 N–H and O–H groups in total. The zero-order valence-electron chi connectivity index (χ0n) is 10.2. The number of carbonyl (C=O) groups excluding carboxylic acids is 1. The number of carbonyl (C=O) groups is 1. The summed E-state index contributed by atoms with van der Waals surface area (Å²) in [5.41, 5.74) is 6.54. The molecule has 1 aromatic rings. The number of ether oxygens (including phenoxy) is 1. The van der Waals surface area contributed by atoms with Crippen LogP contribution in [-0.2, 0) is 4.74 Å². The molecule has 1 aromatic carbocycles. The van der Waals surface area contributed by atoms with Crippen LogP contribution in [0.4, 0.5) is 10.5 Å². The first kappa shape index (κ1) is 13.5. The van der Waals surface area contributed by atoms with Crippen LogP contribution in [0.3, 0.4) is 0 Å². The van der Waals surface area contributed by atoms with E-state index in [2.05, 4.69) is 5.32 Å². The molecule has 5 nitrogen and oxygen atoms in total. The third-order valence-corrected chi connectivity index (χ3v) is 2.26. The van der Waals surface area contributed by atoms with Gasteiger partial charge in [0.2, 0.25) is 0 Å². The predicted molar refractivity (Wildman–Crippen MR) is 67.9 cm³/mol. The summed E-state index contributed by atoms with van der Waals surface area (Å²) in [6, 6.07) is 8.95. The minimum Gasteiger partial charge on any atom is -0.383 e. The van der Waals surface area contributed by atoms with Crippen molar-refractivity contribution in [3.63, 3.8) is 0 Å². The molecule has 0 spiro atoms. The van der Waals surface area contributed by atoms with Gasteiger partial charge in [0, 0.05) is 32.4 Å². The van der Waals surface area contributed by atoms with Crippen LogP contribution in [0.2, 0.25) is 0 Å². The molecule has 0 aliphatic heterocycles. The second kappa shape index (κ2) is 6.88. The number of benzene rings is 1. The molecule has 5 heteroatoms. The zero-order chi connectivity index (χ0) is 12.7. The van der Waals surface area contributed by atoms with Crippen molar-refractivity contribution in [1.82, 2.24) is 4.90 Å². The maximum atomic E-state index is 11.8. The van der Waals surface area contributed by atoms with Gasteiger partial charge in [0.1, 0.15) is 0 Å². The predicted octanol–water partition coefficient (Wildman–Crippen LogP) is 1.12. The summed E-state index contributed by atoms with van der Waals surface area (Å²) in [5, 5.41) is 2.78. The number of hydrogen-bond donors (Lipinski definition) is 2. The van der Waals surface area contributed by atoms with Crippen LogP contribution in [0.1, 0.15) is 0 Å². The maximum absolute atomic E-state index is 11.8. The number of nitrogens with zero attached hydrogens (tertiary/aromatic N) is 1. The normalized spacial score (nSPS) is 11.9. The van der Waals surface area contributed by atoms with Gasteiger partial charge in [-0.1, -0.05) is 18.2 Å². The van der Waals surface area contributed by atoms with Crippen molar-refractivity contribution in [3.05, 3.63) is 30.3 Å². The van der Waals surface area contributed by atoms with E-state index in [1.807, 2.05) is 30.3 Å². The van der Waals surface area contributed by atoms with Crippen molar-refractivity contribution in [2.45, 2.75) is 6.04 Å².